The summed E-state index contributed by atoms with van der Waals surface area (Å²) < 4.78 is 31.9. The molecule has 0 saturated carbocycles. The number of halogens is 3. The van der Waals surface area contributed by atoms with Crippen molar-refractivity contribution in [2.45, 2.75) is 25.4 Å². The molecule has 0 atom stereocenters. The number of phenolic OH excluding ortho intramolecular Hbond substituents is 1. The number of carboxylic acids is 1. The number of ether oxygens (including phenoxy) is 1. The normalized spacial score (nSPS) is 12.1. The highest BCUT2D eigenvalue weighted by Crippen LogP contribution is 2.33. The van der Waals surface area contributed by atoms with Crippen LogP contribution in [0.3, 0.4) is 0 Å². The fraction of sp³-hybridized carbons (Fsp3) is 0.333. The van der Waals surface area contributed by atoms with Gasteiger partial charge in [-0.2, -0.15) is 8.78 Å². The lowest BCUT2D eigenvalue weighted by Gasteiger charge is -2.30. The Morgan fingerprint density at radius 3 is 2.30 bits per heavy atom. The molecular formula is C12H11F2IO5. The van der Waals surface area contributed by atoms with Crippen LogP contribution in [-0.2, 0) is 9.53 Å². The van der Waals surface area contributed by atoms with E-state index in [1.165, 1.54) is 12.1 Å². The largest absolute Gasteiger partial charge is 0.507 e. The molecule has 1 aromatic rings. The summed E-state index contributed by atoms with van der Waals surface area (Å²) in [6.07, 6.45) is 0. The fourth-order valence-corrected chi connectivity index (χ4v) is 1.59. The molecule has 0 bridgehead atoms. The van der Waals surface area contributed by atoms with Gasteiger partial charge >= 0.3 is 17.9 Å². The van der Waals surface area contributed by atoms with E-state index in [0.717, 1.165) is 19.9 Å². The Bertz CT molecular complexity index is 557. The molecule has 8 heteroatoms. The number of aromatic hydroxyl groups is 1. The minimum atomic E-state index is -4.24. The topological polar surface area (TPSA) is 83.8 Å². The molecule has 1 rings (SSSR count). The van der Waals surface area contributed by atoms with Gasteiger partial charge in [0.25, 0.3) is 0 Å². The number of alkyl halides is 2. The minimum Gasteiger partial charge on any atom is -0.507 e. The average Bonchev–Trinajstić information content (AvgIpc) is 2.31. The van der Waals surface area contributed by atoms with Crippen LogP contribution in [0.2, 0.25) is 0 Å². The Hall–Kier alpha value is -1.45. The molecule has 0 amide bonds. The molecule has 110 valence electrons. The highest BCUT2D eigenvalue weighted by molar-refractivity contribution is 14.1. The molecule has 0 radical (unpaired) electrons. The maximum Gasteiger partial charge on any atom is 0.380 e. The summed E-state index contributed by atoms with van der Waals surface area (Å²) >= 11 is 1.81. The van der Waals surface area contributed by atoms with Crippen LogP contribution in [-0.4, -0.2) is 33.7 Å². The first-order valence-corrected chi connectivity index (χ1v) is 6.40. The molecule has 0 aromatic heterocycles. The molecule has 0 spiro atoms. The van der Waals surface area contributed by atoms with E-state index < -0.39 is 23.5 Å². The molecule has 0 aliphatic rings. The summed E-state index contributed by atoms with van der Waals surface area (Å²) in [4.78, 5) is 22.2. The zero-order chi connectivity index (χ0) is 15.7. The van der Waals surface area contributed by atoms with Gasteiger partial charge in [0.05, 0.1) is 9.13 Å². The minimum absolute atomic E-state index is 0.155. The Balaban J connectivity index is 3.00. The summed E-state index contributed by atoms with van der Waals surface area (Å²) in [7, 11) is 0. The molecule has 2 N–H and O–H groups in total. The highest BCUT2D eigenvalue weighted by atomic mass is 127. The zero-order valence-corrected chi connectivity index (χ0v) is 12.6. The van der Waals surface area contributed by atoms with E-state index in [1.807, 2.05) is 22.6 Å². The van der Waals surface area contributed by atoms with Crippen molar-refractivity contribution in [3.05, 3.63) is 27.3 Å². The van der Waals surface area contributed by atoms with Crippen LogP contribution in [0.25, 0.3) is 0 Å². The predicted octanol–water partition coefficient (Wildman–Crippen LogP) is 2.65. The Morgan fingerprint density at radius 2 is 1.85 bits per heavy atom. The molecule has 0 unspecified atom stereocenters. The standard InChI is InChI=1S/C12H11F2IO5/c1-11(2,12(13,14)10(18)19)20-9(17)6-3-4-7(15)8(16)5-6/h3-5,16H,1-2H3,(H,18,19). The van der Waals surface area contributed by atoms with Crippen LogP contribution >= 0.6 is 22.6 Å². The lowest BCUT2D eigenvalue weighted by Crippen LogP contribution is -2.51. The Kier molecular flexibility index (Phi) is 4.57. The monoisotopic (exact) mass is 400 g/mol. The van der Waals surface area contributed by atoms with Crippen LogP contribution in [0.15, 0.2) is 18.2 Å². The summed E-state index contributed by atoms with van der Waals surface area (Å²) in [6.45, 7) is 1.59. The summed E-state index contributed by atoms with van der Waals surface area (Å²) in [5.41, 5.74) is -2.69. The molecule has 20 heavy (non-hydrogen) atoms. The smallest absolute Gasteiger partial charge is 0.380 e. The van der Waals surface area contributed by atoms with Crippen molar-refractivity contribution in [1.82, 2.24) is 0 Å². The van der Waals surface area contributed by atoms with Crippen molar-refractivity contribution in [3.63, 3.8) is 0 Å². The molecule has 0 aliphatic carbocycles. The van der Waals surface area contributed by atoms with Crippen molar-refractivity contribution in [2.75, 3.05) is 0 Å². The molecule has 0 heterocycles. The molecule has 5 nitrogen and oxygen atoms in total. The number of carboxylic acid groups (broad SMARTS) is 1. The second-order valence-electron chi connectivity index (χ2n) is 4.45. The lowest BCUT2D eigenvalue weighted by molar-refractivity contribution is -0.200. The van der Waals surface area contributed by atoms with Crippen LogP contribution in [0.5, 0.6) is 5.75 Å². The molecule has 0 aliphatic heterocycles. The predicted molar refractivity (Wildman–Crippen MR) is 72.9 cm³/mol. The summed E-state index contributed by atoms with van der Waals surface area (Å²) in [5.74, 6) is -7.99. The van der Waals surface area contributed by atoms with Gasteiger partial charge in [-0.25, -0.2) is 9.59 Å². The van der Waals surface area contributed by atoms with Gasteiger partial charge < -0.3 is 14.9 Å². The quantitative estimate of drug-likeness (QED) is 0.600. The number of benzene rings is 1. The molecular weight excluding hydrogens is 389 g/mol. The van der Waals surface area contributed by atoms with Crippen molar-refractivity contribution in [3.8, 4) is 5.75 Å². The van der Waals surface area contributed by atoms with Gasteiger partial charge in [0, 0.05) is 0 Å². The summed E-state index contributed by atoms with van der Waals surface area (Å²) in [6, 6.07) is 3.73. The van der Waals surface area contributed by atoms with Crippen molar-refractivity contribution >= 4 is 34.5 Å². The van der Waals surface area contributed by atoms with Crippen LogP contribution in [0.1, 0.15) is 24.2 Å². The number of aliphatic carboxylic acids is 1. The zero-order valence-electron chi connectivity index (χ0n) is 10.5. The fourth-order valence-electron chi connectivity index (χ4n) is 1.25. The van der Waals surface area contributed by atoms with E-state index in [4.69, 9.17) is 5.11 Å². The van der Waals surface area contributed by atoms with Gasteiger partial charge in [-0.05, 0) is 54.6 Å². The van der Waals surface area contributed by atoms with Crippen LogP contribution < -0.4 is 0 Å². The van der Waals surface area contributed by atoms with Crippen molar-refractivity contribution < 1.29 is 33.3 Å². The molecule has 0 fully saturated rings. The van der Waals surface area contributed by atoms with Crippen molar-refractivity contribution in [1.29, 1.82) is 0 Å². The number of carbonyl (C=O) groups excluding carboxylic acids is 1. The molecule has 0 saturated heterocycles. The number of hydrogen-bond acceptors (Lipinski definition) is 4. The van der Waals surface area contributed by atoms with Gasteiger partial charge in [0.2, 0.25) is 0 Å². The summed E-state index contributed by atoms with van der Waals surface area (Å²) in [5, 5.41) is 17.9. The number of rotatable bonds is 4. The second kappa shape index (κ2) is 5.51. The number of hydrogen-bond donors (Lipinski definition) is 2. The second-order valence-corrected chi connectivity index (χ2v) is 5.61. The van der Waals surface area contributed by atoms with E-state index in [9.17, 15) is 23.5 Å². The SMILES string of the molecule is CC(C)(OC(=O)c1ccc(I)c(O)c1)C(F)(F)C(=O)O. The first-order valence-electron chi connectivity index (χ1n) is 5.32. The van der Waals surface area contributed by atoms with E-state index in [2.05, 4.69) is 4.74 Å². The van der Waals surface area contributed by atoms with E-state index in [0.29, 0.717) is 3.57 Å². The van der Waals surface area contributed by atoms with Gasteiger partial charge in [-0.15, -0.1) is 0 Å². The maximum atomic E-state index is 13.4. The van der Waals surface area contributed by atoms with Crippen molar-refractivity contribution in [2.24, 2.45) is 0 Å². The van der Waals surface area contributed by atoms with Crippen LogP contribution in [0, 0.1) is 3.57 Å². The number of phenols is 1. The van der Waals surface area contributed by atoms with Gasteiger partial charge in [-0.1, -0.05) is 0 Å². The first kappa shape index (κ1) is 16.6. The Morgan fingerprint density at radius 1 is 1.30 bits per heavy atom. The third-order valence-electron chi connectivity index (χ3n) is 2.55. The number of carbonyl (C=O) groups is 2. The van der Waals surface area contributed by atoms with Gasteiger partial charge in [-0.3, -0.25) is 0 Å². The third-order valence-corrected chi connectivity index (χ3v) is 3.47. The Labute approximate surface area is 126 Å². The average molecular weight is 400 g/mol. The number of esters is 1. The van der Waals surface area contributed by atoms with E-state index >= 15 is 0 Å². The van der Waals surface area contributed by atoms with Crippen LogP contribution in [0.4, 0.5) is 8.78 Å². The van der Waals surface area contributed by atoms with Gasteiger partial charge in [0.15, 0.2) is 5.60 Å². The first-order chi connectivity index (χ1) is 8.99. The van der Waals surface area contributed by atoms with Gasteiger partial charge in [0.1, 0.15) is 5.75 Å². The maximum absolute atomic E-state index is 13.4. The van der Waals surface area contributed by atoms with E-state index in [-0.39, 0.29) is 11.3 Å². The third kappa shape index (κ3) is 3.17. The molecule has 1 aromatic carbocycles. The van der Waals surface area contributed by atoms with E-state index in [1.54, 1.807) is 0 Å². The highest BCUT2D eigenvalue weighted by Gasteiger charge is 2.56. The lowest BCUT2D eigenvalue weighted by atomic mass is 10.0.